The molecule has 1 saturated carbocycles. The SMILES string of the molecule is Brc1ccsc1-c1cccc(CNC2CC2)c1. The van der Waals surface area contributed by atoms with E-state index in [1.54, 1.807) is 11.3 Å². The molecule has 3 heteroatoms. The molecule has 17 heavy (non-hydrogen) atoms. The fraction of sp³-hybridized carbons (Fsp3) is 0.286. The van der Waals surface area contributed by atoms with Crippen LogP contribution < -0.4 is 5.32 Å². The largest absolute Gasteiger partial charge is 0.310 e. The maximum absolute atomic E-state index is 3.59. The molecule has 0 bridgehead atoms. The van der Waals surface area contributed by atoms with Crippen molar-refractivity contribution in [3.63, 3.8) is 0 Å². The normalized spacial score (nSPS) is 15.1. The van der Waals surface area contributed by atoms with Gasteiger partial charge >= 0.3 is 0 Å². The van der Waals surface area contributed by atoms with E-state index in [0.717, 1.165) is 12.6 Å². The Kier molecular flexibility index (Phi) is 3.32. The van der Waals surface area contributed by atoms with Crippen LogP contribution in [0.5, 0.6) is 0 Å². The molecule has 1 aromatic carbocycles. The summed E-state index contributed by atoms with van der Waals surface area (Å²) in [7, 11) is 0. The van der Waals surface area contributed by atoms with Crippen LogP contribution >= 0.6 is 27.3 Å². The highest BCUT2D eigenvalue weighted by molar-refractivity contribution is 9.10. The number of thiophene rings is 1. The topological polar surface area (TPSA) is 12.0 Å². The third-order valence-electron chi connectivity index (χ3n) is 2.98. The minimum atomic E-state index is 0.770. The number of benzene rings is 1. The van der Waals surface area contributed by atoms with Crippen molar-refractivity contribution in [3.8, 4) is 10.4 Å². The first kappa shape index (κ1) is 11.5. The maximum atomic E-state index is 3.59. The van der Waals surface area contributed by atoms with Gasteiger partial charge < -0.3 is 5.32 Å². The molecule has 1 N–H and O–H groups in total. The number of nitrogens with one attached hydrogen (secondary N) is 1. The highest BCUT2D eigenvalue weighted by Gasteiger charge is 2.19. The van der Waals surface area contributed by atoms with Crippen LogP contribution in [0.3, 0.4) is 0 Å². The highest BCUT2D eigenvalue weighted by atomic mass is 79.9. The zero-order valence-electron chi connectivity index (χ0n) is 9.45. The fourth-order valence-electron chi connectivity index (χ4n) is 1.87. The van der Waals surface area contributed by atoms with Crippen molar-refractivity contribution in [2.45, 2.75) is 25.4 Å². The van der Waals surface area contributed by atoms with Gasteiger partial charge in [0.15, 0.2) is 0 Å². The summed E-state index contributed by atoms with van der Waals surface area (Å²) in [6.07, 6.45) is 2.69. The molecule has 0 radical (unpaired) electrons. The molecule has 88 valence electrons. The van der Waals surface area contributed by atoms with Crippen LogP contribution in [0.4, 0.5) is 0 Å². The molecular weight excluding hydrogens is 294 g/mol. The zero-order valence-corrected chi connectivity index (χ0v) is 11.9. The molecule has 0 unspecified atom stereocenters. The first-order valence-electron chi connectivity index (χ1n) is 5.88. The summed E-state index contributed by atoms with van der Waals surface area (Å²) in [4.78, 5) is 1.32. The van der Waals surface area contributed by atoms with E-state index in [1.807, 2.05) is 0 Å². The lowest BCUT2D eigenvalue weighted by molar-refractivity contribution is 0.688. The van der Waals surface area contributed by atoms with Gasteiger partial charge in [0, 0.05) is 21.9 Å². The Morgan fingerprint density at radius 2 is 2.18 bits per heavy atom. The third kappa shape index (κ3) is 2.79. The van der Waals surface area contributed by atoms with Crippen molar-refractivity contribution >= 4 is 27.3 Å². The first-order valence-corrected chi connectivity index (χ1v) is 7.56. The summed E-state index contributed by atoms with van der Waals surface area (Å²) in [6, 6.07) is 11.7. The molecule has 1 heterocycles. The van der Waals surface area contributed by atoms with Crippen LogP contribution in [-0.2, 0) is 6.54 Å². The zero-order chi connectivity index (χ0) is 11.7. The average molecular weight is 308 g/mol. The monoisotopic (exact) mass is 307 g/mol. The van der Waals surface area contributed by atoms with Crippen LogP contribution in [0.2, 0.25) is 0 Å². The van der Waals surface area contributed by atoms with E-state index in [-0.39, 0.29) is 0 Å². The Bertz CT molecular complexity index is 516. The molecule has 0 aliphatic heterocycles. The van der Waals surface area contributed by atoms with Gasteiger partial charge in [-0.1, -0.05) is 18.2 Å². The Hall–Kier alpha value is -0.640. The second kappa shape index (κ2) is 4.92. The average Bonchev–Trinajstić information content (AvgIpc) is 3.08. The Morgan fingerprint density at radius 3 is 2.88 bits per heavy atom. The van der Waals surface area contributed by atoms with Crippen molar-refractivity contribution in [2.24, 2.45) is 0 Å². The van der Waals surface area contributed by atoms with Gasteiger partial charge in [0.1, 0.15) is 0 Å². The van der Waals surface area contributed by atoms with Crippen molar-refractivity contribution < 1.29 is 0 Å². The van der Waals surface area contributed by atoms with Crippen LogP contribution in [-0.4, -0.2) is 6.04 Å². The van der Waals surface area contributed by atoms with E-state index >= 15 is 0 Å². The van der Waals surface area contributed by atoms with Crippen molar-refractivity contribution in [2.75, 3.05) is 0 Å². The summed E-state index contributed by atoms with van der Waals surface area (Å²) in [5.41, 5.74) is 2.68. The molecule has 2 aromatic rings. The minimum Gasteiger partial charge on any atom is -0.310 e. The van der Waals surface area contributed by atoms with Gasteiger partial charge in [-0.15, -0.1) is 11.3 Å². The van der Waals surface area contributed by atoms with Crippen LogP contribution in [0.15, 0.2) is 40.2 Å². The van der Waals surface area contributed by atoms with Gasteiger partial charge in [0.2, 0.25) is 0 Å². The number of rotatable bonds is 4. The maximum Gasteiger partial charge on any atom is 0.0484 e. The predicted octanol–water partition coefficient (Wildman–Crippen LogP) is 4.43. The van der Waals surface area contributed by atoms with E-state index in [4.69, 9.17) is 0 Å². The minimum absolute atomic E-state index is 0.770. The summed E-state index contributed by atoms with van der Waals surface area (Å²) in [5.74, 6) is 0. The van der Waals surface area contributed by atoms with Crippen molar-refractivity contribution in [1.82, 2.24) is 5.32 Å². The van der Waals surface area contributed by atoms with Gasteiger partial charge in [0.05, 0.1) is 0 Å². The molecule has 1 fully saturated rings. The number of hydrogen-bond donors (Lipinski definition) is 1. The van der Waals surface area contributed by atoms with Gasteiger partial charge in [-0.05, 0) is 57.4 Å². The van der Waals surface area contributed by atoms with E-state index in [1.165, 1.54) is 33.3 Å². The predicted molar refractivity (Wildman–Crippen MR) is 77.3 cm³/mol. The molecule has 1 aliphatic carbocycles. The molecule has 0 atom stereocenters. The second-order valence-electron chi connectivity index (χ2n) is 4.45. The molecule has 3 rings (SSSR count). The highest BCUT2D eigenvalue weighted by Crippen LogP contribution is 2.33. The van der Waals surface area contributed by atoms with E-state index in [9.17, 15) is 0 Å². The number of hydrogen-bond acceptors (Lipinski definition) is 2. The standard InChI is InChI=1S/C14H14BrNS/c15-13-6-7-17-14(13)11-3-1-2-10(8-11)9-16-12-4-5-12/h1-3,6-8,12,16H,4-5,9H2. The lowest BCUT2D eigenvalue weighted by atomic mass is 10.1. The van der Waals surface area contributed by atoms with E-state index < -0.39 is 0 Å². The summed E-state index contributed by atoms with van der Waals surface area (Å²) in [6.45, 7) is 0.988. The Labute approximate surface area is 114 Å². The third-order valence-corrected chi connectivity index (χ3v) is 4.87. The van der Waals surface area contributed by atoms with Crippen LogP contribution in [0.25, 0.3) is 10.4 Å². The summed E-state index contributed by atoms with van der Waals surface area (Å²) >= 11 is 5.38. The molecule has 0 spiro atoms. The van der Waals surface area contributed by atoms with Crippen LogP contribution in [0, 0.1) is 0 Å². The Morgan fingerprint density at radius 1 is 1.29 bits per heavy atom. The van der Waals surface area contributed by atoms with Crippen LogP contribution in [0.1, 0.15) is 18.4 Å². The number of halogens is 1. The molecule has 1 aromatic heterocycles. The lowest BCUT2D eigenvalue weighted by Crippen LogP contribution is -2.15. The van der Waals surface area contributed by atoms with E-state index in [2.05, 4.69) is 57.0 Å². The molecular formula is C14H14BrNS. The molecule has 0 amide bonds. The van der Waals surface area contributed by atoms with Gasteiger partial charge in [0.25, 0.3) is 0 Å². The van der Waals surface area contributed by atoms with Gasteiger partial charge in [-0.3, -0.25) is 0 Å². The lowest BCUT2D eigenvalue weighted by Gasteiger charge is -2.05. The summed E-state index contributed by atoms with van der Waals surface area (Å²) < 4.78 is 1.19. The summed E-state index contributed by atoms with van der Waals surface area (Å²) in [5, 5.41) is 5.67. The first-order chi connectivity index (χ1) is 8.33. The van der Waals surface area contributed by atoms with Gasteiger partial charge in [-0.25, -0.2) is 0 Å². The van der Waals surface area contributed by atoms with Crippen molar-refractivity contribution in [3.05, 3.63) is 45.7 Å². The van der Waals surface area contributed by atoms with E-state index in [0.29, 0.717) is 0 Å². The smallest absolute Gasteiger partial charge is 0.0484 e. The molecule has 1 aliphatic rings. The Balaban J connectivity index is 1.80. The fourth-order valence-corrected chi connectivity index (χ4v) is 3.47. The quantitative estimate of drug-likeness (QED) is 0.881. The second-order valence-corrected chi connectivity index (χ2v) is 6.22. The van der Waals surface area contributed by atoms with Crippen molar-refractivity contribution in [1.29, 1.82) is 0 Å². The van der Waals surface area contributed by atoms with Gasteiger partial charge in [-0.2, -0.15) is 0 Å². The molecule has 0 saturated heterocycles. The molecule has 1 nitrogen and oxygen atoms in total.